The summed E-state index contributed by atoms with van der Waals surface area (Å²) >= 11 is 0. The number of aryl methyl sites for hydroxylation is 1. The predicted octanol–water partition coefficient (Wildman–Crippen LogP) is -0.963. The molecule has 0 atom stereocenters. The summed E-state index contributed by atoms with van der Waals surface area (Å²) in [5, 5.41) is 0. The minimum absolute atomic E-state index is 0. The molecule has 19 heavy (non-hydrogen) atoms. The Morgan fingerprint density at radius 2 is 1.95 bits per heavy atom. The summed E-state index contributed by atoms with van der Waals surface area (Å²) in [5.41, 5.74) is 1.21. The Balaban J connectivity index is 0.00000324. The van der Waals surface area contributed by atoms with Crippen molar-refractivity contribution in [2.24, 2.45) is 0 Å². The van der Waals surface area contributed by atoms with Crippen LogP contribution in [0.1, 0.15) is 30.0 Å². The molecule has 5 heteroatoms. The zero-order valence-electron chi connectivity index (χ0n) is 12.1. The maximum Gasteiger partial charge on any atom is 0.357 e. The second kappa shape index (κ2) is 8.47. The van der Waals surface area contributed by atoms with E-state index in [2.05, 4.69) is 25.9 Å². The van der Waals surface area contributed by atoms with Crippen LogP contribution in [0.5, 0.6) is 0 Å². The summed E-state index contributed by atoms with van der Waals surface area (Å²) in [4.78, 5) is 15.9. The summed E-state index contributed by atoms with van der Waals surface area (Å²) in [6.45, 7) is 9.50. The molecule has 0 aromatic carbocycles. The van der Waals surface area contributed by atoms with E-state index in [9.17, 15) is 4.79 Å². The number of ether oxygens (including phenoxy) is 1. The number of carbonyl (C=O) groups is 1. The number of hydrogen-bond donors (Lipinski definition) is 0. The molecule has 0 spiro atoms. The van der Waals surface area contributed by atoms with Crippen molar-refractivity contribution in [1.29, 1.82) is 0 Å². The molecule has 108 valence electrons. The number of aromatic nitrogens is 1. The molecule has 0 aliphatic rings. The molecule has 1 aromatic rings. The summed E-state index contributed by atoms with van der Waals surface area (Å²) < 4.78 is 6.18. The van der Waals surface area contributed by atoms with E-state index in [1.54, 1.807) is 6.07 Å². The van der Waals surface area contributed by atoms with Crippen LogP contribution in [0.4, 0.5) is 0 Å². The lowest BCUT2D eigenvalue weighted by atomic mass is 10.3. The Labute approximate surface area is 132 Å². The first-order valence-corrected chi connectivity index (χ1v) is 6.45. The highest BCUT2D eigenvalue weighted by Crippen LogP contribution is 2.03. The van der Waals surface area contributed by atoms with E-state index in [1.807, 2.05) is 19.1 Å². The molecule has 1 heterocycles. The van der Waals surface area contributed by atoms with Gasteiger partial charge in [0.2, 0.25) is 0 Å². The number of halogens is 1. The first kappa shape index (κ1) is 18.3. The van der Waals surface area contributed by atoms with Gasteiger partial charge in [0.1, 0.15) is 18.8 Å². The van der Waals surface area contributed by atoms with E-state index in [0.717, 1.165) is 29.8 Å². The van der Waals surface area contributed by atoms with Crippen LogP contribution in [0, 0.1) is 6.92 Å². The third-order valence-electron chi connectivity index (χ3n) is 3.49. The molecule has 0 radical (unpaired) electrons. The van der Waals surface area contributed by atoms with Gasteiger partial charge >= 0.3 is 5.97 Å². The zero-order valence-corrected chi connectivity index (χ0v) is 14.3. The molecule has 1 aromatic heterocycles. The minimum Gasteiger partial charge on any atom is -1.00 e. The van der Waals surface area contributed by atoms with E-state index in [0.29, 0.717) is 12.3 Å². The third kappa shape index (κ3) is 5.86. The average molecular weight is 378 g/mol. The highest BCUT2D eigenvalue weighted by Gasteiger charge is 2.17. The normalized spacial score (nSPS) is 10.7. The van der Waals surface area contributed by atoms with Gasteiger partial charge in [-0.2, -0.15) is 0 Å². The van der Waals surface area contributed by atoms with Crippen molar-refractivity contribution >= 4 is 5.97 Å². The topological polar surface area (TPSA) is 39.2 Å². The molecule has 0 aliphatic carbocycles. The van der Waals surface area contributed by atoms with Gasteiger partial charge in [0, 0.05) is 5.69 Å². The Morgan fingerprint density at radius 1 is 1.32 bits per heavy atom. The standard InChI is InChI=1S/C14H23N2O2.HI/c1-5-16(4,6-2)10-11-18-14(17)13-9-7-8-12(3)15-13;/h7-9H,5-6,10-11H2,1-4H3;1H/q+1;/p-1. The first-order valence-electron chi connectivity index (χ1n) is 6.45. The van der Waals surface area contributed by atoms with Gasteiger partial charge in [0.25, 0.3) is 0 Å². The number of likely N-dealkylation sites (N-methyl/N-ethyl adjacent to an activating group) is 1. The van der Waals surface area contributed by atoms with E-state index in [1.165, 1.54) is 0 Å². The Bertz CT molecular complexity index is 406. The van der Waals surface area contributed by atoms with Gasteiger partial charge in [-0.3, -0.25) is 0 Å². The molecule has 0 saturated heterocycles. The molecular formula is C14H23IN2O2. The Kier molecular flexibility index (Phi) is 8.17. The Morgan fingerprint density at radius 3 is 2.47 bits per heavy atom. The van der Waals surface area contributed by atoms with Crippen LogP contribution in [0.2, 0.25) is 0 Å². The second-order valence-corrected chi connectivity index (χ2v) is 4.78. The zero-order chi connectivity index (χ0) is 13.6. The van der Waals surface area contributed by atoms with Crippen LogP contribution in [-0.4, -0.2) is 48.7 Å². The largest absolute Gasteiger partial charge is 1.00 e. The molecule has 1 rings (SSSR count). The number of carbonyl (C=O) groups excluding carboxylic acids is 1. The van der Waals surface area contributed by atoms with Crippen molar-refractivity contribution in [3.05, 3.63) is 29.6 Å². The smallest absolute Gasteiger partial charge is 0.357 e. The molecule has 0 aliphatic heterocycles. The fourth-order valence-electron chi connectivity index (χ4n) is 1.63. The van der Waals surface area contributed by atoms with Crippen LogP contribution in [0.25, 0.3) is 0 Å². The predicted molar refractivity (Wildman–Crippen MR) is 71.4 cm³/mol. The lowest BCUT2D eigenvalue weighted by Gasteiger charge is -2.31. The van der Waals surface area contributed by atoms with Crippen molar-refractivity contribution in [3.63, 3.8) is 0 Å². The van der Waals surface area contributed by atoms with Gasteiger partial charge in [-0.1, -0.05) is 6.07 Å². The van der Waals surface area contributed by atoms with Gasteiger partial charge in [0.05, 0.1) is 20.1 Å². The first-order chi connectivity index (χ1) is 8.50. The lowest BCUT2D eigenvalue weighted by molar-refractivity contribution is -0.906. The highest BCUT2D eigenvalue weighted by molar-refractivity contribution is 5.87. The summed E-state index contributed by atoms with van der Waals surface area (Å²) in [6.07, 6.45) is 0. The van der Waals surface area contributed by atoms with Crippen LogP contribution in [0.3, 0.4) is 0 Å². The van der Waals surface area contributed by atoms with Crippen LogP contribution < -0.4 is 24.0 Å². The highest BCUT2D eigenvalue weighted by atomic mass is 127. The number of hydrogen-bond acceptors (Lipinski definition) is 3. The fourth-order valence-corrected chi connectivity index (χ4v) is 1.63. The molecule has 0 bridgehead atoms. The van der Waals surface area contributed by atoms with Gasteiger partial charge in [-0.05, 0) is 32.9 Å². The van der Waals surface area contributed by atoms with Crippen molar-refractivity contribution in [3.8, 4) is 0 Å². The van der Waals surface area contributed by atoms with Gasteiger partial charge in [-0.15, -0.1) is 0 Å². The van der Waals surface area contributed by atoms with Crippen molar-refractivity contribution in [2.45, 2.75) is 20.8 Å². The Hall–Kier alpha value is -0.690. The quantitative estimate of drug-likeness (QED) is 0.364. The van der Waals surface area contributed by atoms with Crippen LogP contribution in [-0.2, 0) is 4.74 Å². The second-order valence-electron chi connectivity index (χ2n) is 4.78. The summed E-state index contributed by atoms with van der Waals surface area (Å²) in [5.74, 6) is -0.336. The van der Waals surface area contributed by atoms with Crippen molar-refractivity contribution in [2.75, 3.05) is 33.3 Å². The van der Waals surface area contributed by atoms with E-state index < -0.39 is 0 Å². The number of nitrogens with zero attached hydrogens (tertiary/aromatic N) is 2. The SMILES string of the molecule is CC[N+](C)(CC)CCOC(=O)c1cccc(C)n1.[I-]. The molecule has 0 fully saturated rings. The minimum atomic E-state index is -0.336. The van der Waals surface area contributed by atoms with Gasteiger partial charge in [-0.25, -0.2) is 9.78 Å². The van der Waals surface area contributed by atoms with Crippen molar-refractivity contribution < 1.29 is 38.0 Å². The lowest BCUT2D eigenvalue weighted by Crippen LogP contribution is -3.00. The fraction of sp³-hybridized carbons (Fsp3) is 0.571. The number of pyridine rings is 1. The van der Waals surface area contributed by atoms with Crippen LogP contribution in [0.15, 0.2) is 18.2 Å². The van der Waals surface area contributed by atoms with Crippen molar-refractivity contribution in [1.82, 2.24) is 4.98 Å². The summed E-state index contributed by atoms with van der Waals surface area (Å²) in [6, 6.07) is 5.36. The molecule has 4 nitrogen and oxygen atoms in total. The van der Waals surface area contributed by atoms with Crippen LogP contribution >= 0.6 is 0 Å². The number of quaternary nitrogens is 1. The van der Waals surface area contributed by atoms with Gasteiger partial charge in [0.15, 0.2) is 0 Å². The van der Waals surface area contributed by atoms with E-state index in [4.69, 9.17) is 4.74 Å². The van der Waals surface area contributed by atoms with E-state index in [-0.39, 0.29) is 29.9 Å². The maximum absolute atomic E-state index is 11.8. The molecular weight excluding hydrogens is 355 g/mol. The van der Waals surface area contributed by atoms with Gasteiger partial charge < -0.3 is 33.2 Å². The number of esters is 1. The molecule has 0 unspecified atom stereocenters. The third-order valence-corrected chi connectivity index (χ3v) is 3.49. The molecule has 0 saturated carbocycles. The number of rotatable bonds is 6. The summed E-state index contributed by atoms with van der Waals surface area (Å²) in [7, 11) is 2.17. The molecule has 0 amide bonds. The van der Waals surface area contributed by atoms with E-state index >= 15 is 0 Å². The monoisotopic (exact) mass is 378 g/mol. The molecule has 0 N–H and O–H groups in total. The average Bonchev–Trinajstić information content (AvgIpc) is 2.38. The maximum atomic E-state index is 11.8.